The molecule has 2 amide bonds. The number of aromatic nitrogens is 2. The predicted octanol–water partition coefficient (Wildman–Crippen LogP) is 4.82. The first-order valence-corrected chi connectivity index (χ1v) is 16.2. The molecule has 3 aliphatic rings. The average molecular weight is 606 g/mol. The maximum atomic E-state index is 13.7. The Labute approximate surface area is 246 Å². The van der Waals surface area contributed by atoms with Crippen LogP contribution in [-0.4, -0.2) is 88.9 Å². The van der Waals surface area contributed by atoms with Crippen molar-refractivity contribution in [3.63, 3.8) is 0 Å². The van der Waals surface area contributed by atoms with Gasteiger partial charge in [0.2, 0.25) is 11.8 Å². The van der Waals surface area contributed by atoms with Crippen molar-refractivity contribution >= 4 is 65.2 Å². The zero-order chi connectivity index (χ0) is 28.6. The molecule has 6 rings (SSSR count). The normalized spacial score (nSPS) is 23.2. The third-order valence-corrected chi connectivity index (χ3v) is 10.5. The number of hydrogen-bond acceptors (Lipinski definition) is 9. The van der Waals surface area contributed by atoms with Gasteiger partial charge >= 0.3 is 0 Å². The van der Waals surface area contributed by atoms with Crippen LogP contribution in [0.1, 0.15) is 56.9 Å². The van der Waals surface area contributed by atoms with Gasteiger partial charge in [-0.3, -0.25) is 9.59 Å². The van der Waals surface area contributed by atoms with Crippen molar-refractivity contribution in [2.24, 2.45) is 0 Å². The summed E-state index contributed by atoms with van der Waals surface area (Å²) >= 11 is 2.91. The predicted molar refractivity (Wildman–Crippen MR) is 160 cm³/mol. The number of halogens is 2. The highest BCUT2D eigenvalue weighted by Gasteiger charge is 2.37. The Kier molecular flexibility index (Phi) is 8.28. The molecule has 3 fully saturated rings. The Bertz CT molecular complexity index is 1410. The van der Waals surface area contributed by atoms with Gasteiger partial charge < -0.3 is 25.8 Å². The van der Waals surface area contributed by atoms with E-state index >= 15 is 0 Å². The van der Waals surface area contributed by atoms with E-state index in [1.54, 1.807) is 0 Å². The molecular weight excluding hydrogens is 568 g/mol. The van der Waals surface area contributed by atoms with Gasteiger partial charge in [-0.05, 0) is 71.0 Å². The highest BCUT2D eigenvalue weighted by molar-refractivity contribution is 7.24. The lowest BCUT2D eigenvalue weighted by molar-refractivity contribution is -0.139. The van der Waals surface area contributed by atoms with Crippen LogP contribution in [0.4, 0.5) is 19.0 Å². The Balaban J connectivity index is 1.02. The number of anilines is 2. The van der Waals surface area contributed by atoms with Crippen molar-refractivity contribution in [1.29, 1.82) is 0 Å². The van der Waals surface area contributed by atoms with E-state index in [9.17, 15) is 18.4 Å². The fourth-order valence-electron chi connectivity index (χ4n) is 6.35. The van der Waals surface area contributed by atoms with Crippen LogP contribution in [0.15, 0.2) is 6.07 Å². The Morgan fingerprint density at radius 1 is 0.951 bits per heavy atom. The minimum Gasteiger partial charge on any atom is -0.352 e. The molecule has 4 heterocycles. The maximum Gasteiger partial charge on any atom is 0.265 e. The number of carbonyl (C=O) groups excluding carboxylic acids is 2. The highest BCUT2D eigenvalue weighted by Crippen LogP contribution is 2.37. The minimum atomic E-state index is -2.82. The van der Waals surface area contributed by atoms with E-state index in [0.29, 0.717) is 29.3 Å². The van der Waals surface area contributed by atoms with Crippen LogP contribution >= 0.6 is 22.7 Å². The van der Waals surface area contributed by atoms with Gasteiger partial charge in [0.1, 0.15) is 0 Å². The van der Waals surface area contributed by atoms with Crippen LogP contribution in [0.25, 0.3) is 20.4 Å². The van der Waals surface area contributed by atoms with Gasteiger partial charge in [0.05, 0.1) is 40.1 Å². The summed E-state index contributed by atoms with van der Waals surface area (Å²) in [6, 6.07) is 2.95. The van der Waals surface area contributed by atoms with Crippen LogP contribution in [0, 0.1) is 6.92 Å². The second kappa shape index (κ2) is 11.9. The van der Waals surface area contributed by atoms with Gasteiger partial charge in [0, 0.05) is 30.6 Å². The van der Waals surface area contributed by atoms with E-state index in [4.69, 9.17) is 4.98 Å². The summed E-state index contributed by atoms with van der Waals surface area (Å²) in [5, 5.41) is 10.7. The first kappa shape index (κ1) is 28.5. The highest BCUT2D eigenvalue weighted by atomic mass is 32.1. The molecule has 9 nitrogen and oxygen atoms in total. The van der Waals surface area contributed by atoms with Gasteiger partial charge in [0.15, 0.2) is 10.3 Å². The van der Waals surface area contributed by atoms with Crippen molar-refractivity contribution < 1.29 is 18.4 Å². The molecule has 41 heavy (non-hydrogen) atoms. The lowest BCUT2D eigenvalue weighted by Gasteiger charge is -2.34. The van der Waals surface area contributed by atoms with Crippen LogP contribution in [0.2, 0.25) is 0 Å². The summed E-state index contributed by atoms with van der Waals surface area (Å²) in [5.41, 5.74) is 2.54. The van der Waals surface area contributed by atoms with E-state index < -0.39 is 12.5 Å². The number of aryl methyl sites for hydroxylation is 1. The minimum absolute atomic E-state index is 0.00761. The number of rotatable bonds is 8. The zero-order valence-corrected chi connectivity index (χ0v) is 24.9. The molecule has 3 aromatic rings. The van der Waals surface area contributed by atoms with Gasteiger partial charge in [-0.25, -0.2) is 18.7 Å². The van der Waals surface area contributed by atoms with E-state index in [-0.39, 0.29) is 37.4 Å². The average Bonchev–Trinajstić information content (AvgIpc) is 3.71. The van der Waals surface area contributed by atoms with Crippen molar-refractivity contribution in [2.45, 2.75) is 76.3 Å². The third kappa shape index (κ3) is 6.56. The molecule has 1 aliphatic carbocycles. The number of fused-ring (bicyclic) bond motifs is 2. The monoisotopic (exact) mass is 605 g/mol. The molecule has 13 heteroatoms. The first-order valence-electron chi connectivity index (χ1n) is 14.6. The summed E-state index contributed by atoms with van der Waals surface area (Å²) in [5.74, 6) is -3.17. The number of alkyl halides is 2. The van der Waals surface area contributed by atoms with E-state index in [1.165, 1.54) is 53.5 Å². The molecule has 1 saturated carbocycles. The summed E-state index contributed by atoms with van der Waals surface area (Å²) < 4.78 is 29.3. The number of benzene rings is 1. The molecule has 0 bridgehead atoms. The number of carbonyl (C=O) groups is 2. The molecule has 0 spiro atoms. The smallest absolute Gasteiger partial charge is 0.265 e. The summed E-state index contributed by atoms with van der Waals surface area (Å²) in [7, 11) is 0. The van der Waals surface area contributed by atoms with E-state index in [0.717, 1.165) is 51.7 Å². The van der Waals surface area contributed by atoms with E-state index in [1.807, 2.05) is 13.0 Å². The SMILES string of the molecule is Cc1c2nc(NCC(=O)NC3CCC(N4CCCC4)CC3)sc2cc2sc(NCC(=O)N3CCCC(F)(F)C3)nc12. The molecule has 2 saturated heterocycles. The summed E-state index contributed by atoms with van der Waals surface area (Å²) in [6.45, 7) is 4.36. The van der Waals surface area contributed by atoms with Crippen molar-refractivity contribution in [3.05, 3.63) is 11.6 Å². The lowest BCUT2D eigenvalue weighted by Crippen LogP contribution is -2.47. The van der Waals surface area contributed by atoms with Crippen LogP contribution in [0.5, 0.6) is 0 Å². The quantitative estimate of drug-likeness (QED) is 0.339. The number of nitrogens with one attached hydrogen (secondary N) is 3. The lowest BCUT2D eigenvalue weighted by atomic mass is 9.90. The van der Waals surface area contributed by atoms with Crippen molar-refractivity contribution in [1.82, 2.24) is 25.1 Å². The largest absolute Gasteiger partial charge is 0.352 e. The topological polar surface area (TPSA) is 102 Å². The first-order chi connectivity index (χ1) is 19.7. The molecule has 1 aromatic carbocycles. The molecular formula is C28H37F2N7O2S2. The molecule has 0 atom stereocenters. The molecule has 2 aliphatic heterocycles. The van der Waals surface area contributed by atoms with Crippen LogP contribution in [-0.2, 0) is 9.59 Å². The van der Waals surface area contributed by atoms with Crippen LogP contribution in [0.3, 0.4) is 0 Å². The number of thiazole rings is 2. The van der Waals surface area contributed by atoms with Gasteiger partial charge in [-0.1, -0.05) is 22.7 Å². The zero-order valence-electron chi connectivity index (χ0n) is 23.3. The Morgan fingerprint density at radius 2 is 1.59 bits per heavy atom. The van der Waals surface area contributed by atoms with Gasteiger partial charge in [0.25, 0.3) is 5.92 Å². The number of likely N-dealkylation sites (tertiary alicyclic amines) is 2. The number of piperidine rings is 1. The molecule has 2 aromatic heterocycles. The van der Waals surface area contributed by atoms with Crippen LogP contribution < -0.4 is 16.0 Å². The molecule has 222 valence electrons. The third-order valence-electron chi connectivity index (χ3n) is 8.53. The number of hydrogen-bond donors (Lipinski definition) is 3. The molecule has 0 radical (unpaired) electrons. The van der Waals surface area contributed by atoms with Gasteiger partial charge in [-0.15, -0.1) is 0 Å². The van der Waals surface area contributed by atoms with Crippen molar-refractivity contribution in [2.75, 3.05) is 49.9 Å². The second-order valence-electron chi connectivity index (χ2n) is 11.5. The maximum absolute atomic E-state index is 13.7. The number of nitrogens with zero attached hydrogens (tertiary/aromatic N) is 4. The molecule has 0 unspecified atom stereocenters. The summed E-state index contributed by atoms with van der Waals surface area (Å²) in [4.78, 5) is 38.3. The fourth-order valence-corrected chi connectivity index (χ4v) is 8.35. The second-order valence-corrected chi connectivity index (χ2v) is 13.6. The van der Waals surface area contributed by atoms with Gasteiger partial charge in [-0.2, -0.15) is 0 Å². The fraction of sp³-hybridized carbons (Fsp3) is 0.643. The summed E-state index contributed by atoms with van der Waals surface area (Å²) in [6.07, 6.45) is 7.16. The Hall–Kier alpha value is -2.64. The number of amides is 2. The molecule has 3 N–H and O–H groups in total. The Morgan fingerprint density at radius 3 is 2.22 bits per heavy atom. The standard InChI is InChI=1S/C28H37F2N7O2S2/c1-17-24-20(13-21-25(17)35-27(41-21)32-15-23(39)37-12-4-9-28(29,30)16-37)40-26(34-24)31-14-22(38)33-18-5-7-19(8-6-18)36-10-2-3-11-36/h13,18-19H,2-12,14-16H2,1H3,(H,31,34)(H,32,35)(H,33,38). The van der Waals surface area contributed by atoms with Crippen molar-refractivity contribution in [3.8, 4) is 0 Å². The van der Waals surface area contributed by atoms with E-state index in [2.05, 4.69) is 25.8 Å².